The standard InChI is InChI=1S/C17H27N3OS/c1-19-11-13-20(14-12-19)10-4-3-9-18-17(21)15-5-7-16(22-2)8-6-15/h5-8H,3-4,9-14H2,1-2H3,(H,18,21). The number of piperazine rings is 1. The summed E-state index contributed by atoms with van der Waals surface area (Å²) in [7, 11) is 2.18. The summed E-state index contributed by atoms with van der Waals surface area (Å²) in [4.78, 5) is 18.1. The van der Waals surface area contributed by atoms with Gasteiger partial charge in [0.25, 0.3) is 5.91 Å². The molecular formula is C17H27N3OS. The van der Waals surface area contributed by atoms with E-state index in [1.54, 1.807) is 11.8 Å². The fourth-order valence-corrected chi connectivity index (χ4v) is 2.99. The van der Waals surface area contributed by atoms with Gasteiger partial charge >= 0.3 is 0 Å². The lowest BCUT2D eigenvalue weighted by Crippen LogP contribution is -2.44. The van der Waals surface area contributed by atoms with Crippen LogP contribution >= 0.6 is 11.8 Å². The van der Waals surface area contributed by atoms with Crippen LogP contribution in [-0.2, 0) is 0 Å². The highest BCUT2D eigenvalue weighted by Crippen LogP contribution is 2.14. The van der Waals surface area contributed by atoms with Gasteiger partial charge < -0.3 is 15.1 Å². The van der Waals surface area contributed by atoms with Crippen LogP contribution in [0.25, 0.3) is 0 Å². The van der Waals surface area contributed by atoms with E-state index in [4.69, 9.17) is 0 Å². The zero-order chi connectivity index (χ0) is 15.8. The highest BCUT2D eigenvalue weighted by atomic mass is 32.2. The molecule has 0 spiro atoms. The molecule has 122 valence electrons. The SMILES string of the molecule is CSc1ccc(C(=O)NCCCCN2CCN(C)CC2)cc1. The Morgan fingerprint density at radius 2 is 1.82 bits per heavy atom. The van der Waals surface area contributed by atoms with Crippen molar-refractivity contribution in [3.8, 4) is 0 Å². The maximum Gasteiger partial charge on any atom is 0.251 e. The molecule has 1 fully saturated rings. The van der Waals surface area contributed by atoms with Crippen molar-refractivity contribution in [2.24, 2.45) is 0 Å². The lowest BCUT2D eigenvalue weighted by atomic mass is 10.2. The second kappa shape index (κ2) is 9.18. The van der Waals surface area contributed by atoms with E-state index in [9.17, 15) is 4.79 Å². The van der Waals surface area contributed by atoms with Gasteiger partial charge in [0.1, 0.15) is 0 Å². The maximum atomic E-state index is 12.0. The molecule has 4 nitrogen and oxygen atoms in total. The van der Waals surface area contributed by atoms with Gasteiger partial charge in [-0.15, -0.1) is 11.8 Å². The Bertz CT molecular complexity index is 455. The third kappa shape index (κ3) is 5.63. The molecule has 1 amide bonds. The van der Waals surface area contributed by atoms with E-state index in [0.717, 1.165) is 31.5 Å². The molecular weight excluding hydrogens is 294 g/mol. The predicted molar refractivity (Wildman–Crippen MR) is 93.7 cm³/mol. The van der Waals surface area contributed by atoms with Gasteiger partial charge in [0.2, 0.25) is 0 Å². The third-order valence-corrected chi connectivity index (χ3v) is 4.88. The number of benzene rings is 1. The van der Waals surface area contributed by atoms with Crippen LogP contribution in [0.15, 0.2) is 29.2 Å². The molecule has 0 aliphatic carbocycles. The molecule has 1 aromatic carbocycles. The number of hydrogen-bond donors (Lipinski definition) is 1. The number of carbonyl (C=O) groups excluding carboxylic acids is 1. The topological polar surface area (TPSA) is 35.6 Å². The van der Waals surface area contributed by atoms with Crippen molar-refractivity contribution in [1.82, 2.24) is 15.1 Å². The first-order chi connectivity index (χ1) is 10.7. The highest BCUT2D eigenvalue weighted by molar-refractivity contribution is 7.98. The van der Waals surface area contributed by atoms with E-state index >= 15 is 0 Å². The number of nitrogens with zero attached hydrogens (tertiary/aromatic N) is 2. The number of thioether (sulfide) groups is 1. The van der Waals surface area contributed by atoms with Crippen molar-refractivity contribution in [3.05, 3.63) is 29.8 Å². The molecule has 0 atom stereocenters. The molecule has 1 heterocycles. The first-order valence-electron chi connectivity index (χ1n) is 8.02. The monoisotopic (exact) mass is 321 g/mol. The first kappa shape index (κ1) is 17.3. The van der Waals surface area contributed by atoms with Crippen molar-refractivity contribution in [2.75, 3.05) is 52.6 Å². The lowest BCUT2D eigenvalue weighted by molar-refractivity contribution is 0.0952. The minimum Gasteiger partial charge on any atom is -0.352 e. The van der Waals surface area contributed by atoms with E-state index in [1.807, 2.05) is 30.5 Å². The van der Waals surface area contributed by atoms with Crippen LogP contribution in [0.3, 0.4) is 0 Å². The van der Waals surface area contributed by atoms with E-state index in [1.165, 1.54) is 31.1 Å². The van der Waals surface area contributed by atoms with Gasteiger partial charge in [0, 0.05) is 43.2 Å². The van der Waals surface area contributed by atoms with Crippen LogP contribution in [0.1, 0.15) is 23.2 Å². The number of likely N-dealkylation sites (N-methyl/N-ethyl adjacent to an activating group) is 1. The summed E-state index contributed by atoms with van der Waals surface area (Å²) >= 11 is 1.69. The lowest BCUT2D eigenvalue weighted by Gasteiger charge is -2.32. The smallest absolute Gasteiger partial charge is 0.251 e. The average Bonchev–Trinajstić information content (AvgIpc) is 2.56. The van der Waals surface area contributed by atoms with Crippen LogP contribution in [0.5, 0.6) is 0 Å². The van der Waals surface area contributed by atoms with Crippen molar-refractivity contribution >= 4 is 17.7 Å². The second-order valence-corrected chi connectivity index (χ2v) is 6.72. The summed E-state index contributed by atoms with van der Waals surface area (Å²) < 4.78 is 0. The molecule has 0 saturated carbocycles. The molecule has 0 unspecified atom stereocenters. The Hall–Kier alpha value is -1.04. The zero-order valence-electron chi connectivity index (χ0n) is 13.7. The van der Waals surface area contributed by atoms with Gasteiger partial charge in [-0.1, -0.05) is 0 Å². The van der Waals surface area contributed by atoms with Crippen LogP contribution in [0.2, 0.25) is 0 Å². The van der Waals surface area contributed by atoms with E-state index < -0.39 is 0 Å². The van der Waals surface area contributed by atoms with Gasteiger partial charge in [-0.25, -0.2) is 0 Å². The quantitative estimate of drug-likeness (QED) is 0.617. The molecule has 0 aromatic heterocycles. The Balaban J connectivity index is 1.58. The molecule has 1 saturated heterocycles. The number of unbranched alkanes of at least 4 members (excludes halogenated alkanes) is 1. The Morgan fingerprint density at radius 3 is 2.45 bits per heavy atom. The molecule has 2 rings (SSSR count). The predicted octanol–water partition coefficient (Wildman–Crippen LogP) is 2.17. The van der Waals surface area contributed by atoms with Gasteiger partial charge in [0.05, 0.1) is 0 Å². The normalized spacial score (nSPS) is 16.6. The molecule has 1 aliphatic rings. The number of rotatable bonds is 7. The molecule has 1 N–H and O–H groups in total. The Kier molecular flexibility index (Phi) is 7.22. The van der Waals surface area contributed by atoms with Crippen molar-refractivity contribution in [3.63, 3.8) is 0 Å². The van der Waals surface area contributed by atoms with E-state index in [0.29, 0.717) is 0 Å². The molecule has 1 aromatic rings. The Labute approximate surface area is 138 Å². The second-order valence-electron chi connectivity index (χ2n) is 5.84. The summed E-state index contributed by atoms with van der Waals surface area (Å²) in [6.07, 6.45) is 4.23. The number of amides is 1. The van der Waals surface area contributed by atoms with E-state index in [2.05, 4.69) is 22.2 Å². The fourth-order valence-electron chi connectivity index (χ4n) is 2.58. The summed E-state index contributed by atoms with van der Waals surface area (Å²) in [6.45, 7) is 6.59. The van der Waals surface area contributed by atoms with Crippen LogP contribution in [-0.4, -0.2) is 68.3 Å². The average molecular weight is 321 g/mol. The zero-order valence-corrected chi connectivity index (χ0v) is 14.5. The molecule has 22 heavy (non-hydrogen) atoms. The van der Waals surface area contributed by atoms with Crippen LogP contribution in [0.4, 0.5) is 0 Å². The van der Waals surface area contributed by atoms with E-state index in [-0.39, 0.29) is 5.91 Å². The van der Waals surface area contributed by atoms with Crippen LogP contribution in [0, 0.1) is 0 Å². The molecule has 0 radical (unpaired) electrons. The van der Waals surface area contributed by atoms with Crippen LogP contribution < -0.4 is 5.32 Å². The highest BCUT2D eigenvalue weighted by Gasteiger charge is 2.12. The molecule has 0 bridgehead atoms. The Morgan fingerprint density at radius 1 is 1.14 bits per heavy atom. The number of nitrogens with one attached hydrogen (secondary N) is 1. The van der Waals surface area contributed by atoms with Crippen molar-refractivity contribution < 1.29 is 4.79 Å². The van der Waals surface area contributed by atoms with Gasteiger partial charge in [-0.2, -0.15) is 0 Å². The maximum absolute atomic E-state index is 12.0. The van der Waals surface area contributed by atoms with Crippen molar-refractivity contribution in [2.45, 2.75) is 17.7 Å². The molecule has 1 aliphatic heterocycles. The van der Waals surface area contributed by atoms with Gasteiger partial charge in [-0.05, 0) is 57.0 Å². The number of carbonyl (C=O) groups is 1. The summed E-state index contributed by atoms with van der Waals surface area (Å²) in [5, 5.41) is 3.01. The largest absolute Gasteiger partial charge is 0.352 e. The number of hydrogen-bond acceptors (Lipinski definition) is 4. The third-order valence-electron chi connectivity index (χ3n) is 4.13. The fraction of sp³-hybridized carbons (Fsp3) is 0.588. The summed E-state index contributed by atoms with van der Waals surface area (Å²) in [5.74, 6) is 0.0345. The first-order valence-corrected chi connectivity index (χ1v) is 9.24. The minimum atomic E-state index is 0.0345. The summed E-state index contributed by atoms with van der Waals surface area (Å²) in [5.41, 5.74) is 0.747. The van der Waals surface area contributed by atoms with Gasteiger partial charge in [-0.3, -0.25) is 4.79 Å². The molecule has 5 heteroatoms. The van der Waals surface area contributed by atoms with Gasteiger partial charge in [0.15, 0.2) is 0 Å². The minimum absolute atomic E-state index is 0.0345. The summed E-state index contributed by atoms with van der Waals surface area (Å²) in [6, 6.07) is 7.77. The van der Waals surface area contributed by atoms with Crippen molar-refractivity contribution in [1.29, 1.82) is 0 Å².